The van der Waals surface area contributed by atoms with Crippen LogP contribution in [0.5, 0.6) is 0 Å². The summed E-state index contributed by atoms with van der Waals surface area (Å²) in [5, 5.41) is 4.86. The second-order valence-corrected chi connectivity index (χ2v) is 9.55. The van der Waals surface area contributed by atoms with Gasteiger partial charge in [-0.15, -0.1) is 6.58 Å². The number of rotatable bonds is 7. The molecule has 7 heteroatoms. The molecule has 4 aromatic rings. The zero-order valence-corrected chi connectivity index (χ0v) is 19.2. The lowest BCUT2D eigenvalue weighted by Crippen LogP contribution is -2.31. The van der Waals surface area contributed by atoms with E-state index in [1.165, 1.54) is 28.6 Å². The average molecular weight is 477 g/mol. The molecule has 1 amide bonds. The van der Waals surface area contributed by atoms with Gasteiger partial charge in [0.25, 0.3) is 15.9 Å². The molecule has 0 fully saturated rings. The van der Waals surface area contributed by atoms with Gasteiger partial charge in [0.2, 0.25) is 0 Å². The van der Waals surface area contributed by atoms with Crippen molar-refractivity contribution < 1.29 is 13.2 Å². The average Bonchev–Trinajstić information content (AvgIpc) is 2.83. The van der Waals surface area contributed by atoms with Gasteiger partial charge in [-0.2, -0.15) is 0 Å². The van der Waals surface area contributed by atoms with Crippen molar-refractivity contribution in [3.63, 3.8) is 0 Å². The molecule has 0 aromatic heterocycles. The highest BCUT2D eigenvalue weighted by Gasteiger charge is 2.26. The standard InChI is InChI=1S/C26H21ClN2O3S/c1-2-17-29(20-11-4-3-5-12-20)33(31,32)21-15-16-24(27)23(18-21)26(30)28-25-14-8-10-19-9-6-7-13-22(19)25/h2-16,18H,1,17H2,(H,28,30). The molecule has 0 saturated carbocycles. The van der Waals surface area contributed by atoms with E-state index in [2.05, 4.69) is 11.9 Å². The summed E-state index contributed by atoms with van der Waals surface area (Å²) < 4.78 is 28.1. The van der Waals surface area contributed by atoms with E-state index in [0.29, 0.717) is 11.4 Å². The van der Waals surface area contributed by atoms with Gasteiger partial charge in [-0.1, -0.05) is 72.3 Å². The molecule has 0 aliphatic heterocycles. The Morgan fingerprint density at radius 2 is 1.64 bits per heavy atom. The Morgan fingerprint density at radius 3 is 2.39 bits per heavy atom. The van der Waals surface area contributed by atoms with Gasteiger partial charge in [0.15, 0.2) is 0 Å². The number of para-hydroxylation sites is 1. The Kier molecular flexibility index (Phi) is 6.49. The first-order valence-corrected chi connectivity index (χ1v) is 12.0. The minimum Gasteiger partial charge on any atom is -0.321 e. The molecule has 0 bridgehead atoms. The fourth-order valence-corrected chi connectivity index (χ4v) is 5.21. The second-order valence-electron chi connectivity index (χ2n) is 7.28. The Bertz CT molecular complexity index is 1430. The molecule has 0 aliphatic carbocycles. The fourth-order valence-electron chi connectivity index (χ4n) is 3.54. The lowest BCUT2D eigenvalue weighted by molar-refractivity contribution is 0.102. The third kappa shape index (κ3) is 4.62. The van der Waals surface area contributed by atoms with E-state index in [-0.39, 0.29) is 22.0 Å². The van der Waals surface area contributed by atoms with Gasteiger partial charge in [0, 0.05) is 11.1 Å². The number of fused-ring (bicyclic) bond motifs is 1. The first-order valence-electron chi connectivity index (χ1n) is 10.2. The molecule has 1 N–H and O–H groups in total. The summed E-state index contributed by atoms with van der Waals surface area (Å²) in [6.07, 6.45) is 1.51. The normalized spacial score (nSPS) is 11.2. The number of carbonyl (C=O) groups is 1. The van der Waals surface area contributed by atoms with E-state index in [1.807, 2.05) is 36.4 Å². The number of sulfonamides is 1. The fraction of sp³-hybridized carbons (Fsp3) is 0.0385. The van der Waals surface area contributed by atoms with Crippen LogP contribution in [0.3, 0.4) is 0 Å². The van der Waals surface area contributed by atoms with E-state index in [4.69, 9.17) is 11.6 Å². The summed E-state index contributed by atoms with van der Waals surface area (Å²) in [5.41, 5.74) is 1.17. The number of amides is 1. The second kappa shape index (κ2) is 9.48. The monoisotopic (exact) mass is 476 g/mol. The van der Waals surface area contributed by atoms with Crippen LogP contribution in [0.15, 0.2) is 109 Å². The van der Waals surface area contributed by atoms with Crippen molar-refractivity contribution in [2.24, 2.45) is 0 Å². The molecule has 4 rings (SSSR count). The lowest BCUT2D eigenvalue weighted by Gasteiger charge is -2.23. The summed E-state index contributed by atoms with van der Waals surface area (Å²) in [5.74, 6) is -0.497. The van der Waals surface area contributed by atoms with Gasteiger partial charge in [0.05, 0.1) is 27.7 Å². The molecule has 0 saturated heterocycles. The number of benzene rings is 4. The van der Waals surface area contributed by atoms with Crippen LogP contribution in [0.4, 0.5) is 11.4 Å². The van der Waals surface area contributed by atoms with Gasteiger partial charge in [-0.3, -0.25) is 9.10 Å². The molecule has 5 nitrogen and oxygen atoms in total. The van der Waals surface area contributed by atoms with E-state index >= 15 is 0 Å². The maximum Gasteiger partial charge on any atom is 0.264 e. The number of anilines is 2. The minimum absolute atomic E-state index is 0.0410. The van der Waals surface area contributed by atoms with Gasteiger partial charge >= 0.3 is 0 Å². The third-order valence-electron chi connectivity index (χ3n) is 5.15. The highest BCUT2D eigenvalue weighted by Crippen LogP contribution is 2.28. The van der Waals surface area contributed by atoms with Crippen molar-refractivity contribution in [3.05, 3.63) is 114 Å². The van der Waals surface area contributed by atoms with Crippen LogP contribution in [0.2, 0.25) is 5.02 Å². The van der Waals surface area contributed by atoms with Crippen LogP contribution in [-0.4, -0.2) is 20.9 Å². The molecule has 33 heavy (non-hydrogen) atoms. The van der Waals surface area contributed by atoms with Crippen LogP contribution >= 0.6 is 11.6 Å². The SMILES string of the molecule is C=CCN(c1ccccc1)S(=O)(=O)c1ccc(Cl)c(C(=O)Nc2cccc3ccccc23)c1. The van der Waals surface area contributed by atoms with Crippen LogP contribution in [0, 0.1) is 0 Å². The summed E-state index contributed by atoms with van der Waals surface area (Å²) in [4.78, 5) is 13.1. The maximum atomic E-state index is 13.4. The van der Waals surface area contributed by atoms with Gasteiger partial charge in [-0.25, -0.2) is 8.42 Å². The Hall–Kier alpha value is -3.61. The van der Waals surface area contributed by atoms with E-state index in [0.717, 1.165) is 10.8 Å². The molecule has 0 atom stereocenters. The number of halogens is 1. The number of hydrogen-bond donors (Lipinski definition) is 1. The zero-order chi connectivity index (χ0) is 23.4. The quantitative estimate of drug-likeness (QED) is 0.326. The van der Waals surface area contributed by atoms with Crippen molar-refractivity contribution in [2.75, 3.05) is 16.2 Å². The Balaban J connectivity index is 1.71. The number of nitrogens with zero attached hydrogens (tertiary/aromatic N) is 1. The van der Waals surface area contributed by atoms with Gasteiger partial charge < -0.3 is 5.32 Å². The predicted octanol–water partition coefficient (Wildman–Crippen LogP) is 6.13. The first kappa shape index (κ1) is 22.6. The van der Waals surface area contributed by atoms with Crippen LogP contribution in [0.25, 0.3) is 10.8 Å². The summed E-state index contributed by atoms with van der Waals surface area (Å²) in [6.45, 7) is 3.75. The van der Waals surface area contributed by atoms with Gasteiger partial charge in [-0.05, 0) is 41.8 Å². The first-order chi connectivity index (χ1) is 15.9. The molecule has 0 radical (unpaired) electrons. The van der Waals surface area contributed by atoms with Gasteiger partial charge in [0.1, 0.15) is 0 Å². The lowest BCUT2D eigenvalue weighted by atomic mass is 10.1. The van der Waals surface area contributed by atoms with E-state index < -0.39 is 15.9 Å². The van der Waals surface area contributed by atoms with Crippen LogP contribution in [0.1, 0.15) is 10.4 Å². The number of carbonyl (C=O) groups excluding carboxylic acids is 1. The number of hydrogen-bond acceptors (Lipinski definition) is 3. The predicted molar refractivity (Wildman–Crippen MR) is 135 cm³/mol. The molecule has 166 valence electrons. The Morgan fingerprint density at radius 1 is 0.939 bits per heavy atom. The topological polar surface area (TPSA) is 66.5 Å². The van der Waals surface area contributed by atoms with Crippen molar-refractivity contribution in [1.82, 2.24) is 0 Å². The summed E-state index contributed by atoms with van der Waals surface area (Å²) >= 11 is 6.30. The highest BCUT2D eigenvalue weighted by molar-refractivity contribution is 7.92. The highest BCUT2D eigenvalue weighted by atomic mass is 35.5. The molecule has 0 heterocycles. The minimum atomic E-state index is -3.97. The Labute approximate surface area is 198 Å². The summed E-state index contributed by atoms with van der Waals surface area (Å²) in [7, 11) is -3.97. The molecule has 0 aliphatic rings. The van der Waals surface area contributed by atoms with E-state index in [1.54, 1.807) is 36.4 Å². The largest absolute Gasteiger partial charge is 0.321 e. The van der Waals surface area contributed by atoms with Crippen LogP contribution < -0.4 is 9.62 Å². The molecular formula is C26H21ClN2O3S. The van der Waals surface area contributed by atoms with Crippen molar-refractivity contribution in [3.8, 4) is 0 Å². The molecular weight excluding hydrogens is 456 g/mol. The van der Waals surface area contributed by atoms with Crippen molar-refractivity contribution in [2.45, 2.75) is 4.90 Å². The smallest absolute Gasteiger partial charge is 0.264 e. The zero-order valence-electron chi connectivity index (χ0n) is 17.6. The maximum absolute atomic E-state index is 13.4. The summed E-state index contributed by atoms with van der Waals surface area (Å²) in [6, 6.07) is 26.1. The number of nitrogens with one attached hydrogen (secondary N) is 1. The van der Waals surface area contributed by atoms with Crippen molar-refractivity contribution in [1.29, 1.82) is 0 Å². The molecule has 4 aromatic carbocycles. The van der Waals surface area contributed by atoms with Crippen molar-refractivity contribution >= 4 is 49.7 Å². The molecule has 0 unspecified atom stereocenters. The van der Waals surface area contributed by atoms with Crippen LogP contribution in [-0.2, 0) is 10.0 Å². The van der Waals surface area contributed by atoms with E-state index in [9.17, 15) is 13.2 Å². The molecule has 0 spiro atoms. The third-order valence-corrected chi connectivity index (χ3v) is 7.27.